The van der Waals surface area contributed by atoms with E-state index in [4.69, 9.17) is 25.8 Å². The van der Waals surface area contributed by atoms with Gasteiger partial charge in [0.1, 0.15) is 0 Å². The molecule has 0 unspecified atom stereocenters. The van der Waals surface area contributed by atoms with E-state index >= 15 is 0 Å². The standard InChI is InChI=1S/C5H6ClN3O2.C5H11NO/c1-10-4-7-3(6)8-5(9-4)11-2;1-6-2-4-7-5-3-6/h1-2H3;2-5H2,1H3. The second kappa shape index (κ2) is 8.02. The molecule has 18 heavy (non-hydrogen) atoms. The van der Waals surface area contributed by atoms with Crippen LogP contribution in [0.2, 0.25) is 5.28 Å². The molecule has 102 valence electrons. The van der Waals surface area contributed by atoms with E-state index in [1.807, 2.05) is 0 Å². The van der Waals surface area contributed by atoms with E-state index in [0.717, 1.165) is 26.3 Å². The van der Waals surface area contributed by atoms with Gasteiger partial charge < -0.3 is 19.1 Å². The minimum atomic E-state index is 0.0497. The maximum Gasteiger partial charge on any atom is 0.323 e. The molecule has 0 aliphatic carbocycles. The van der Waals surface area contributed by atoms with Crippen molar-refractivity contribution >= 4 is 11.6 Å². The van der Waals surface area contributed by atoms with Gasteiger partial charge >= 0.3 is 12.0 Å². The zero-order chi connectivity index (χ0) is 13.4. The van der Waals surface area contributed by atoms with Crippen LogP contribution in [-0.2, 0) is 4.74 Å². The van der Waals surface area contributed by atoms with Crippen LogP contribution < -0.4 is 9.47 Å². The Balaban J connectivity index is 0.000000199. The van der Waals surface area contributed by atoms with Crippen LogP contribution in [0.15, 0.2) is 0 Å². The lowest BCUT2D eigenvalue weighted by molar-refractivity contribution is 0.0503. The third-order valence-electron chi connectivity index (χ3n) is 2.17. The molecular weight excluding hydrogens is 260 g/mol. The van der Waals surface area contributed by atoms with Gasteiger partial charge in [-0.25, -0.2) is 0 Å². The molecule has 8 heteroatoms. The summed E-state index contributed by atoms with van der Waals surface area (Å²) in [6.07, 6.45) is 0. The van der Waals surface area contributed by atoms with Crippen molar-refractivity contribution < 1.29 is 14.2 Å². The molecule has 0 atom stereocenters. The Morgan fingerprint density at radius 3 is 1.89 bits per heavy atom. The molecule has 0 spiro atoms. The van der Waals surface area contributed by atoms with Crippen molar-refractivity contribution in [3.8, 4) is 12.0 Å². The third-order valence-corrected chi connectivity index (χ3v) is 2.34. The van der Waals surface area contributed by atoms with Crippen LogP contribution in [-0.4, -0.2) is 67.4 Å². The molecule has 0 radical (unpaired) electrons. The van der Waals surface area contributed by atoms with Crippen molar-refractivity contribution in [2.75, 3.05) is 47.6 Å². The average Bonchev–Trinajstić information content (AvgIpc) is 2.39. The molecule has 0 bridgehead atoms. The largest absolute Gasteiger partial charge is 0.467 e. The topological polar surface area (TPSA) is 69.6 Å². The second-order valence-electron chi connectivity index (χ2n) is 3.49. The van der Waals surface area contributed by atoms with Gasteiger partial charge in [0.2, 0.25) is 5.28 Å². The smallest absolute Gasteiger partial charge is 0.323 e. The molecule has 1 aromatic rings. The van der Waals surface area contributed by atoms with Crippen molar-refractivity contribution in [1.29, 1.82) is 0 Å². The minimum absolute atomic E-state index is 0.0497. The Morgan fingerprint density at radius 1 is 1.06 bits per heavy atom. The minimum Gasteiger partial charge on any atom is -0.467 e. The van der Waals surface area contributed by atoms with Gasteiger partial charge in [0, 0.05) is 13.1 Å². The monoisotopic (exact) mass is 276 g/mol. The Kier molecular flexibility index (Phi) is 6.63. The molecule has 0 saturated carbocycles. The van der Waals surface area contributed by atoms with Gasteiger partial charge in [-0.1, -0.05) is 0 Å². The number of rotatable bonds is 2. The number of hydrogen-bond donors (Lipinski definition) is 0. The molecule has 2 heterocycles. The Bertz CT molecular complexity index is 339. The van der Waals surface area contributed by atoms with Crippen LogP contribution in [0.25, 0.3) is 0 Å². The molecule has 7 nitrogen and oxygen atoms in total. The number of nitrogens with zero attached hydrogens (tertiary/aromatic N) is 4. The van der Waals surface area contributed by atoms with E-state index in [-0.39, 0.29) is 17.3 Å². The SMILES string of the molecule is CN1CCOCC1.COc1nc(Cl)nc(OC)n1. The number of halogens is 1. The van der Waals surface area contributed by atoms with Crippen LogP contribution in [0.4, 0.5) is 0 Å². The number of morpholine rings is 1. The fourth-order valence-electron chi connectivity index (χ4n) is 1.15. The van der Waals surface area contributed by atoms with Gasteiger partial charge in [-0.2, -0.15) is 9.97 Å². The maximum absolute atomic E-state index is 5.49. The van der Waals surface area contributed by atoms with E-state index in [1.54, 1.807) is 0 Å². The maximum atomic E-state index is 5.49. The molecule has 2 rings (SSSR count). The summed E-state index contributed by atoms with van der Waals surface area (Å²) in [4.78, 5) is 13.3. The van der Waals surface area contributed by atoms with E-state index < -0.39 is 0 Å². The van der Waals surface area contributed by atoms with Crippen molar-refractivity contribution in [2.45, 2.75) is 0 Å². The summed E-state index contributed by atoms with van der Waals surface area (Å²) in [6.45, 7) is 4.02. The van der Waals surface area contributed by atoms with Gasteiger partial charge in [-0.3, -0.25) is 0 Å². The van der Waals surface area contributed by atoms with Gasteiger partial charge in [0.15, 0.2) is 0 Å². The highest BCUT2D eigenvalue weighted by molar-refractivity contribution is 6.28. The van der Waals surface area contributed by atoms with Gasteiger partial charge in [0.25, 0.3) is 0 Å². The summed E-state index contributed by atoms with van der Waals surface area (Å²) >= 11 is 5.49. The van der Waals surface area contributed by atoms with Crippen molar-refractivity contribution in [3.63, 3.8) is 0 Å². The lowest BCUT2D eigenvalue weighted by Gasteiger charge is -2.21. The number of likely N-dealkylation sites (N-methyl/N-ethyl adjacent to an activating group) is 1. The first-order chi connectivity index (χ1) is 8.65. The fraction of sp³-hybridized carbons (Fsp3) is 0.700. The van der Waals surface area contributed by atoms with Crippen LogP contribution in [0.1, 0.15) is 0 Å². The van der Waals surface area contributed by atoms with E-state index in [9.17, 15) is 0 Å². The lowest BCUT2D eigenvalue weighted by atomic mass is 10.5. The highest BCUT2D eigenvalue weighted by Gasteiger charge is 2.03. The highest BCUT2D eigenvalue weighted by Crippen LogP contribution is 2.11. The first kappa shape index (κ1) is 14.9. The van der Waals surface area contributed by atoms with E-state index in [1.165, 1.54) is 14.2 Å². The molecular formula is C10H17ClN4O3. The average molecular weight is 277 g/mol. The molecule has 1 saturated heterocycles. The quantitative estimate of drug-likeness (QED) is 0.778. The second-order valence-corrected chi connectivity index (χ2v) is 3.83. The molecule has 0 amide bonds. The van der Waals surface area contributed by atoms with Crippen LogP contribution >= 0.6 is 11.6 Å². The Morgan fingerprint density at radius 2 is 1.56 bits per heavy atom. The normalized spacial score (nSPS) is 15.6. The third kappa shape index (κ3) is 5.44. The Hall–Kier alpha value is -1.18. The number of methoxy groups -OCH3 is 2. The molecule has 1 fully saturated rings. The summed E-state index contributed by atoms with van der Waals surface area (Å²) < 4.78 is 14.5. The van der Waals surface area contributed by atoms with Crippen LogP contribution in [0, 0.1) is 0 Å². The summed E-state index contributed by atoms with van der Waals surface area (Å²) in [5, 5.41) is 0.0497. The van der Waals surface area contributed by atoms with Gasteiger partial charge in [-0.05, 0) is 18.6 Å². The van der Waals surface area contributed by atoms with Crippen LogP contribution in [0.3, 0.4) is 0 Å². The first-order valence-electron chi connectivity index (χ1n) is 5.41. The lowest BCUT2D eigenvalue weighted by Crippen LogP contribution is -2.32. The van der Waals surface area contributed by atoms with E-state index in [2.05, 4.69) is 26.9 Å². The summed E-state index contributed by atoms with van der Waals surface area (Å²) in [6, 6.07) is 0.281. The predicted octanol–water partition coefficient (Wildman–Crippen LogP) is 0.491. The van der Waals surface area contributed by atoms with Gasteiger partial charge in [-0.15, -0.1) is 4.98 Å². The van der Waals surface area contributed by atoms with Crippen molar-refractivity contribution in [1.82, 2.24) is 19.9 Å². The number of ether oxygens (including phenoxy) is 3. The molecule has 1 aliphatic heterocycles. The summed E-state index contributed by atoms with van der Waals surface area (Å²) in [5.74, 6) is 0. The Labute approximate surface area is 111 Å². The zero-order valence-corrected chi connectivity index (χ0v) is 11.5. The molecule has 1 aliphatic rings. The van der Waals surface area contributed by atoms with Crippen molar-refractivity contribution in [3.05, 3.63) is 5.28 Å². The molecule has 0 aromatic carbocycles. The van der Waals surface area contributed by atoms with Crippen molar-refractivity contribution in [2.24, 2.45) is 0 Å². The summed E-state index contributed by atoms with van der Waals surface area (Å²) in [5.41, 5.74) is 0. The summed E-state index contributed by atoms with van der Waals surface area (Å²) in [7, 11) is 4.98. The highest BCUT2D eigenvalue weighted by atomic mass is 35.5. The van der Waals surface area contributed by atoms with E-state index in [0.29, 0.717) is 0 Å². The zero-order valence-electron chi connectivity index (χ0n) is 10.7. The van der Waals surface area contributed by atoms with Crippen LogP contribution in [0.5, 0.6) is 12.0 Å². The first-order valence-corrected chi connectivity index (χ1v) is 5.79. The predicted molar refractivity (Wildman–Crippen MR) is 66.3 cm³/mol. The number of hydrogen-bond acceptors (Lipinski definition) is 7. The molecule has 1 aromatic heterocycles. The number of aromatic nitrogens is 3. The van der Waals surface area contributed by atoms with Gasteiger partial charge in [0.05, 0.1) is 27.4 Å². The molecule has 0 N–H and O–H groups in total. The fourth-order valence-corrected chi connectivity index (χ4v) is 1.30.